The van der Waals surface area contributed by atoms with Gasteiger partial charge in [0.15, 0.2) is 0 Å². The van der Waals surface area contributed by atoms with Crippen LogP contribution in [-0.4, -0.2) is 22.6 Å². The van der Waals surface area contributed by atoms with Crippen molar-refractivity contribution in [1.29, 1.82) is 0 Å². The second-order valence-electron chi connectivity index (χ2n) is 6.96. The zero-order valence-corrected chi connectivity index (χ0v) is 16.6. The predicted octanol–water partition coefficient (Wildman–Crippen LogP) is 4.01. The molecule has 0 saturated carbocycles. The third-order valence-corrected chi connectivity index (χ3v) is 4.52. The van der Waals surface area contributed by atoms with Gasteiger partial charge in [-0.15, -0.1) is 0 Å². The molecule has 1 unspecified atom stereocenters. The van der Waals surface area contributed by atoms with Crippen molar-refractivity contribution < 1.29 is 0 Å². The molecule has 0 spiro atoms. The molecule has 0 radical (unpaired) electrons. The lowest BCUT2D eigenvalue weighted by molar-refractivity contribution is 0.448. The highest BCUT2D eigenvalue weighted by Crippen LogP contribution is 2.18. The number of nitrogens with two attached hydrogens (primary N) is 1. The van der Waals surface area contributed by atoms with Gasteiger partial charge in [0.25, 0.3) is 0 Å². The van der Waals surface area contributed by atoms with E-state index in [4.69, 9.17) is 10.7 Å². The van der Waals surface area contributed by atoms with Crippen molar-refractivity contribution in [3.8, 4) is 0 Å². The zero-order chi connectivity index (χ0) is 18.9. The van der Waals surface area contributed by atoms with Gasteiger partial charge < -0.3 is 16.4 Å². The van der Waals surface area contributed by atoms with Crippen molar-refractivity contribution in [3.05, 3.63) is 46.8 Å². The molecule has 0 bridgehead atoms. The van der Waals surface area contributed by atoms with E-state index in [1.54, 1.807) is 0 Å². The lowest BCUT2D eigenvalue weighted by Crippen LogP contribution is -2.31. The molecule has 1 aromatic heterocycles. The Morgan fingerprint density at radius 3 is 2.42 bits per heavy atom. The van der Waals surface area contributed by atoms with Gasteiger partial charge in [-0.3, -0.25) is 0 Å². The topological polar surface area (TPSA) is 75.9 Å². The quantitative estimate of drug-likeness (QED) is 0.600. The summed E-state index contributed by atoms with van der Waals surface area (Å²) in [6.07, 6.45) is 6.15. The number of rotatable bonds is 10. The van der Waals surface area contributed by atoms with Crippen LogP contribution in [0.25, 0.3) is 0 Å². The summed E-state index contributed by atoms with van der Waals surface area (Å²) in [4.78, 5) is 9.27. The van der Waals surface area contributed by atoms with Crippen molar-refractivity contribution in [2.45, 2.75) is 66.0 Å². The maximum atomic E-state index is 5.74. The predicted molar refractivity (Wildman–Crippen MR) is 110 cm³/mol. The second-order valence-corrected chi connectivity index (χ2v) is 6.96. The maximum absolute atomic E-state index is 5.74. The molecule has 142 valence electrons. The average molecular weight is 356 g/mol. The van der Waals surface area contributed by atoms with Crippen LogP contribution in [0.3, 0.4) is 0 Å². The van der Waals surface area contributed by atoms with Crippen molar-refractivity contribution in [2.24, 2.45) is 5.73 Å². The molecule has 0 aliphatic carbocycles. The summed E-state index contributed by atoms with van der Waals surface area (Å²) in [7, 11) is 0. The summed E-state index contributed by atoms with van der Waals surface area (Å²) in [5, 5.41) is 6.97. The van der Waals surface area contributed by atoms with Crippen LogP contribution >= 0.6 is 0 Å². The van der Waals surface area contributed by atoms with Gasteiger partial charge in [0, 0.05) is 24.5 Å². The zero-order valence-electron chi connectivity index (χ0n) is 16.6. The first-order chi connectivity index (χ1) is 12.5. The summed E-state index contributed by atoms with van der Waals surface area (Å²) in [6.45, 7) is 10.0. The van der Waals surface area contributed by atoms with Crippen LogP contribution in [0.5, 0.6) is 0 Å². The lowest BCUT2D eigenvalue weighted by atomic mass is 10.1. The highest BCUT2D eigenvalue weighted by Gasteiger charge is 2.10. The Labute approximate surface area is 157 Å². The van der Waals surface area contributed by atoms with Crippen LogP contribution in [0.1, 0.15) is 55.5 Å². The van der Waals surface area contributed by atoms with Gasteiger partial charge in [-0.25, -0.2) is 9.97 Å². The molecule has 2 aromatic rings. The highest BCUT2D eigenvalue weighted by molar-refractivity contribution is 5.56. The first-order valence-electron chi connectivity index (χ1n) is 9.69. The van der Waals surface area contributed by atoms with Crippen molar-refractivity contribution >= 4 is 11.6 Å². The molecule has 0 saturated heterocycles. The van der Waals surface area contributed by atoms with Gasteiger partial charge in [-0.05, 0) is 68.5 Å². The average Bonchev–Trinajstić information content (AvgIpc) is 2.59. The number of hydrogen-bond acceptors (Lipinski definition) is 5. The normalized spacial score (nSPS) is 12.2. The molecule has 5 heteroatoms. The van der Waals surface area contributed by atoms with Crippen LogP contribution in [-0.2, 0) is 13.0 Å². The minimum Gasteiger partial charge on any atom is -0.330 e. The molecule has 1 heterocycles. The van der Waals surface area contributed by atoms with E-state index >= 15 is 0 Å². The number of aryl methyl sites for hydroxylation is 3. The van der Waals surface area contributed by atoms with Gasteiger partial charge >= 0.3 is 0 Å². The number of benzene rings is 1. The second kappa shape index (κ2) is 10.2. The van der Waals surface area contributed by atoms with E-state index in [0.29, 0.717) is 18.5 Å². The minimum absolute atomic E-state index is 0.445. The van der Waals surface area contributed by atoms with Crippen molar-refractivity contribution in [1.82, 2.24) is 15.3 Å². The van der Waals surface area contributed by atoms with Crippen molar-refractivity contribution in [2.75, 3.05) is 11.9 Å². The smallest absolute Gasteiger partial charge is 0.227 e. The molecule has 1 atom stereocenters. The summed E-state index contributed by atoms with van der Waals surface area (Å²) in [6, 6.07) is 6.83. The Bertz CT molecular complexity index is 673. The molecular weight excluding hydrogens is 322 g/mol. The van der Waals surface area contributed by atoms with Crippen LogP contribution in [0.4, 0.5) is 11.6 Å². The van der Waals surface area contributed by atoms with E-state index in [2.05, 4.69) is 61.5 Å². The molecule has 1 aromatic carbocycles. The molecule has 0 fully saturated rings. The first-order valence-corrected chi connectivity index (χ1v) is 9.69. The minimum atomic E-state index is 0.445. The molecule has 4 N–H and O–H groups in total. The van der Waals surface area contributed by atoms with Gasteiger partial charge in [0.05, 0.1) is 5.69 Å². The van der Waals surface area contributed by atoms with Gasteiger partial charge in [-0.1, -0.05) is 26.3 Å². The number of anilines is 2. The number of hydrogen-bond donors (Lipinski definition) is 3. The lowest BCUT2D eigenvalue weighted by Gasteiger charge is -2.18. The van der Waals surface area contributed by atoms with E-state index in [9.17, 15) is 0 Å². The number of aromatic nitrogens is 2. The van der Waals surface area contributed by atoms with Crippen LogP contribution < -0.4 is 16.4 Å². The Morgan fingerprint density at radius 1 is 1.08 bits per heavy atom. The highest BCUT2D eigenvalue weighted by atomic mass is 15.1. The third kappa shape index (κ3) is 6.07. The van der Waals surface area contributed by atoms with Gasteiger partial charge in [-0.2, -0.15) is 0 Å². The fourth-order valence-corrected chi connectivity index (χ4v) is 3.27. The standard InChI is InChI=1S/C21H33N5/c1-5-7-18(8-9-22)23-14-20-17(6-2)13-24-21(26-20)25-19-11-15(3)10-16(4)12-19/h10-13,18,23H,5-9,14,22H2,1-4H3,(H,24,25,26). The molecule has 5 nitrogen and oxygen atoms in total. The SMILES string of the molecule is CCCC(CCN)NCc1nc(Nc2cc(C)cc(C)c2)ncc1CC. The summed E-state index contributed by atoms with van der Waals surface area (Å²) in [5.41, 5.74) is 11.5. The molecular formula is C21H33N5. The fourth-order valence-electron chi connectivity index (χ4n) is 3.27. The molecule has 26 heavy (non-hydrogen) atoms. The summed E-state index contributed by atoms with van der Waals surface area (Å²) in [5.74, 6) is 0.648. The Balaban J connectivity index is 2.14. The molecule has 2 rings (SSSR count). The van der Waals surface area contributed by atoms with Crippen LogP contribution in [0.2, 0.25) is 0 Å². The van der Waals surface area contributed by atoms with E-state index in [-0.39, 0.29) is 0 Å². The maximum Gasteiger partial charge on any atom is 0.227 e. The van der Waals surface area contributed by atoms with Crippen LogP contribution in [0.15, 0.2) is 24.4 Å². The van der Waals surface area contributed by atoms with Gasteiger partial charge in [0.2, 0.25) is 5.95 Å². The summed E-state index contributed by atoms with van der Waals surface area (Å²) >= 11 is 0. The first kappa shape index (κ1) is 20.3. The van der Waals surface area contributed by atoms with E-state index < -0.39 is 0 Å². The Morgan fingerprint density at radius 2 is 1.81 bits per heavy atom. The fraction of sp³-hybridized carbons (Fsp3) is 0.524. The Hall–Kier alpha value is -1.98. The monoisotopic (exact) mass is 355 g/mol. The summed E-state index contributed by atoms with van der Waals surface area (Å²) < 4.78 is 0. The van der Waals surface area contributed by atoms with E-state index in [0.717, 1.165) is 43.6 Å². The Kier molecular flexibility index (Phi) is 8.01. The molecule has 0 aliphatic heterocycles. The molecule has 0 amide bonds. The number of nitrogens with one attached hydrogen (secondary N) is 2. The van der Waals surface area contributed by atoms with Crippen LogP contribution in [0, 0.1) is 13.8 Å². The van der Waals surface area contributed by atoms with Crippen molar-refractivity contribution in [3.63, 3.8) is 0 Å². The van der Waals surface area contributed by atoms with Gasteiger partial charge in [0.1, 0.15) is 0 Å². The van der Waals surface area contributed by atoms with E-state index in [1.165, 1.54) is 16.7 Å². The number of nitrogens with zero attached hydrogens (tertiary/aromatic N) is 2. The largest absolute Gasteiger partial charge is 0.330 e. The third-order valence-electron chi connectivity index (χ3n) is 4.52. The molecule has 0 aliphatic rings. The van der Waals surface area contributed by atoms with E-state index in [1.807, 2.05) is 6.20 Å².